The maximum atomic E-state index is 13.0. The molecule has 0 fully saturated rings. The third kappa shape index (κ3) is 2.69. The number of carbonyl (C=O) groups is 1. The molecule has 1 aromatic carbocycles. The van der Waals surface area contributed by atoms with Gasteiger partial charge >= 0.3 is 6.03 Å². The van der Waals surface area contributed by atoms with Crippen molar-refractivity contribution in [2.24, 2.45) is 0 Å². The molecule has 0 aliphatic carbocycles. The number of nitrogens with one attached hydrogen (secondary N) is 2. The van der Waals surface area contributed by atoms with Crippen molar-refractivity contribution in [3.63, 3.8) is 0 Å². The second-order valence-electron chi connectivity index (χ2n) is 2.61. The Hall–Kier alpha value is -1.65. The van der Waals surface area contributed by atoms with Crippen LogP contribution in [0.5, 0.6) is 0 Å². The van der Waals surface area contributed by atoms with Crippen LogP contribution in [0.3, 0.4) is 0 Å². The topological polar surface area (TPSA) is 41.1 Å². The maximum Gasteiger partial charge on any atom is 0.319 e. The van der Waals surface area contributed by atoms with E-state index in [1.54, 1.807) is 6.92 Å². The van der Waals surface area contributed by atoms with Crippen LogP contribution in [0.2, 0.25) is 0 Å². The van der Waals surface area contributed by atoms with Crippen LogP contribution in [-0.2, 0) is 0 Å². The van der Waals surface area contributed by atoms with E-state index in [2.05, 4.69) is 10.6 Å². The maximum absolute atomic E-state index is 13.0. The molecule has 0 aliphatic heterocycles. The number of hydrogen-bond acceptors (Lipinski definition) is 1. The number of halogens is 2. The molecule has 76 valence electrons. The molecule has 0 saturated heterocycles. The minimum atomic E-state index is -0.795. The average molecular weight is 200 g/mol. The van der Waals surface area contributed by atoms with E-state index in [0.717, 1.165) is 6.07 Å². The molecule has 0 heterocycles. The summed E-state index contributed by atoms with van der Waals surface area (Å²) in [5, 5.41) is 4.67. The summed E-state index contributed by atoms with van der Waals surface area (Å²) in [5.74, 6) is -1.47. The lowest BCUT2D eigenvalue weighted by atomic mass is 10.3. The Labute approximate surface area is 80.1 Å². The van der Waals surface area contributed by atoms with Crippen molar-refractivity contribution in [2.75, 3.05) is 11.9 Å². The Kier molecular flexibility index (Phi) is 3.39. The van der Waals surface area contributed by atoms with Gasteiger partial charge in [0.1, 0.15) is 11.6 Å². The van der Waals surface area contributed by atoms with Gasteiger partial charge in [-0.1, -0.05) is 0 Å². The highest BCUT2D eigenvalue weighted by Crippen LogP contribution is 2.14. The second-order valence-corrected chi connectivity index (χ2v) is 2.61. The predicted molar refractivity (Wildman–Crippen MR) is 49.1 cm³/mol. The van der Waals surface area contributed by atoms with E-state index in [9.17, 15) is 13.6 Å². The molecule has 2 N–H and O–H groups in total. The van der Waals surface area contributed by atoms with E-state index >= 15 is 0 Å². The van der Waals surface area contributed by atoms with Gasteiger partial charge in [0, 0.05) is 12.6 Å². The largest absolute Gasteiger partial charge is 0.338 e. The van der Waals surface area contributed by atoms with Gasteiger partial charge in [-0.25, -0.2) is 13.6 Å². The van der Waals surface area contributed by atoms with Gasteiger partial charge in [-0.15, -0.1) is 0 Å². The predicted octanol–water partition coefficient (Wildman–Crippen LogP) is 2.11. The SMILES string of the molecule is CCNC(=O)Nc1ccc(F)cc1F. The van der Waals surface area contributed by atoms with Gasteiger partial charge < -0.3 is 10.6 Å². The van der Waals surface area contributed by atoms with Gasteiger partial charge in [0.05, 0.1) is 5.69 Å². The molecule has 0 unspecified atom stereocenters. The first-order valence-electron chi connectivity index (χ1n) is 4.13. The molecular weight excluding hydrogens is 190 g/mol. The Morgan fingerprint density at radius 2 is 2.14 bits per heavy atom. The molecule has 0 bridgehead atoms. The van der Waals surface area contributed by atoms with E-state index < -0.39 is 17.7 Å². The number of anilines is 1. The van der Waals surface area contributed by atoms with E-state index in [1.165, 1.54) is 6.07 Å². The standard InChI is InChI=1S/C9H10F2N2O/c1-2-12-9(14)13-8-4-3-6(10)5-7(8)11/h3-5H,2H2,1H3,(H2,12,13,14). The van der Waals surface area contributed by atoms with Gasteiger partial charge in [0.25, 0.3) is 0 Å². The normalized spacial score (nSPS) is 9.64. The molecule has 0 spiro atoms. The summed E-state index contributed by atoms with van der Waals surface area (Å²) in [6.07, 6.45) is 0. The van der Waals surface area contributed by atoms with Crippen LogP contribution in [-0.4, -0.2) is 12.6 Å². The summed E-state index contributed by atoms with van der Waals surface area (Å²) in [7, 11) is 0. The van der Waals surface area contributed by atoms with Crippen LogP contribution in [0, 0.1) is 11.6 Å². The van der Waals surface area contributed by atoms with Gasteiger partial charge in [0.2, 0.25) is 0 Å². The average Bonchev–Trinajstić information content (AvgIpc) is 2.10. The molecule has 0 radical (unpaired) electrons. The van der Waals surface area contributed by atoms with Crippen molar-refractivity contribution >= 4 is 11.7 Å². The highest BCUT2D eigenvalue weighted by atomic mass is 19.1. The first kappa shape index (κ1) is 10.4. The van der Waals surface area contributed by atoms with E-state index in [-0.39, 0.29) is 5.69 Å². The fourth-order valence-electron chi connectivity index (χ4n) is 0.918. The molecule has 2 amide bonds. The number of amides is 2. The second kappa shape index (κ2) is 4.55. The molecule has 0 aromatic heterocycles. The lowest BCUT2D eigenvalue weighted by molar-refractivity contribution is 0.252. The molecule has 14 heavy (non-hydrogen) atoms. The Bertz CT molecular complexity index is 342. The number of urea groups is 1. The third-order valence-electron chi connectivity index (χ3n) is 1.52. The zero-order chi connectivity index (χ0) is 10.6. The van der Waals surface area contributed by atoms with Crippen molar-refractivity contribution in [2.45, 2.75) is 6.92 Å². The van der Waals surface area contributed by atoms with Gasteiger partial charge in [-0.2, -0.15) is 0 Å². The third-order valence-corrected chi connectivity index (χ3v) is 1.52. The van der Waals surface area contributed by atoms with Crippen LogP contribution in [0.25, 0.3) is 0 Å². The molecular formula is C9H10F2N2O. The number of carbonyl (C=O) groups excluding carboxylic acids is 1. The summed E-state index contributed by atoms with van der Waals surface area (Å²) < 4.78 is 25.4. The number of hydrogen-bond donors (Lipinski definition) is 2. The summed E-state index contributed by atoms with van der Waals surface area (Å²) in [6, 6.07) is 2.43. The van der Waals surface area contributed by atoms with Crippen molar-refractivity contribution in [3.8, 4) is 0 Å². The summed E-state index contributed by atoms with van der Waals surface area (Å²) in [4.78, 5) is 11.0. The van der Waals surface area contributed by atoms with Crippen LogP contribution in [0.1, 0.15) is 6.92 Å². The van der Waals surface area contributed by atoms with Gasteiger partial charge in [0.15, 0.2) is 0 Å². The monoisotopic (exact) mass is 200 g/mol. The molecule has 5 heteroatoms. The highest BCUT2D eigenvalue weighted by Gasteiger charge is 2.06. The van der Waals surface area contributed by atoms with Gasteiger partial charge in [-0.05, 0) is 19.1 Å². The highest BCUT2D eigenvalue weighted by molar-refractivity contribution is 5.89. The van der Waals surface area contributed by atoms with Crippen molar-refractivity contribution in [3.05, 3.63) is 29.8 Å². The zero-order valence-corrected chi connectivity index (χ0v) is 7.60. The van der Waals surface area contributed by atoms with Crippen molar-refractivity contribution in [1.29, 1.82) is 0 Å². The Balaban J connectivity index is 2.72. The Morgan fingerprint density at radius 1 is 1.43 bits per heavy atom. The molecule has 0 saturated carbocycles. The van der Waals surface area contributed by atoms with Crippen LogP contribution >= 0.6 is 0 Å². The van der Waals surface area contributed by atoms with E-state index in [4.69, 9.17) is 0 Å². The van der Waals surface area contributed by atoms with E-state index in [1.807, 2.05) is 0 Å². The smallest absolute Gasteiger partial charge is 0.319 e. The minimum Gasteiger partial charge on any atom is -0.338 e. The van der Waals surface area contributed by atoms with Crippen molar-refractivity contribution < 1.29 is 13.6 Å². The number of benzene rings is 1. The van der Waals surface area contributed by atoms with E-state index in [0.29, 0.717) is 12.6 Å². The molecule has 1 aromatic rings. The molecule has 1 rings (SSSR count). The summed E-state index contributed by atoms with van der Waals surface area (Å²) in [5.41, 5.74) is -0.0441. The summed E-state index contributed by atoms with van der Waals surface area (Å²) in [6.45, 7) is 2.18. The molecule has 0 atom stereocenters. The lowest BCUT2D eigenvalue weighted by Crippen LogP contribution is -2.28. The quantitative estimate of drug-likeness (QED) is 0.754. The zero-order valence-electron chi connectivity index (χ0n) is 7.60. The first-order valence-corrected chi connectivity index (χ1v) is 4.13. The lowest BCUT2D eigenvalue weighted by Gasteiger charge is -2.06. The van der Waals surface area contributed by atoms with Crippen LogP contribution in [0.4, 0.5) is 19.3 Å². The molecule has 0 aliphatic rings. The fourth-order valence-corrected chi connectivity index (χ4v) is 0.918. The number of rotatable bonds is 2. The summed E-state index contributed by atoms with van der Waals surface area (Å²) >= 11 is 0. The molecule has 3 nitrogen and oxygen atoms in total. The van der Waals surface area contributed by atoms with Crippen LogP contribution in [0.15, 0.2) is 18.2 Å². The Morgan fingerprint density at radius 3 is 2.71 bits per heavy atom. The minimum absolute atomic E-state index is 0.0441. The fraction of sp³-hybridized carbons (Fsp3) is 0.222. The van der Waals surface area contributed by atoms with Crippen LogP contribution < -0.4 is 10.6 Å². The van der Waals surface area contributed by atoms with Gasteiger partial charge in [-0.3, -0.25) is 0 Å². The first-order chi connectivity index (χ1) is 6.63. The van der Waals surface area contributed by atoms with Crippen molar-refractivity contribution in [1.82, 2.24) is 5.32 Å².